The van der Waals surface area contributed by atoms with E-state index in [9.17, 15) is 18.0 Å². The highest BCUT2D eigenvalue weighted by molar-refractivity contribution is 5.85. The molecule has 1 aliphatic heterocycles. The number of piperazine rings is 1. The molecule has 9 nitrogen and oxygen atoms in total. The summed E-state index contributed by atoms with van der Waals surface area (Å²) in [5.74, 6) is 5.08. The van der Waals surface area contributed by atoms with Gasteiger partial charge in [-0.2, -0.15) is 13.2 Å². The summed E-state index contributed by atoms with van der Waals surface area (Å²) in [5.41, 5.74) is 8.40. The molecule has 3 heterocycles. The van der Waals surface area contributed by atoms with Crippen molar-refractivity contribution in [3.05, 3.63) is 41.6 Å². The maximum atomic E-state index is 12.7. The summed E-state index contributed by atoms with van der Waals surface area (Å²) in [7, 11) is 0. The van der Waals surface area contributed by atoms with Crippen molar-refractivity contribution >= 4 is 17.3 Å². The quantitative estimate of drug-likeness (QED) is 0.328. The first-order valence-electron chi connectivity index (χ1n) is 10.4. The lowest BCUT2D eigenvalue weighted by molar-refractivity contribution is -0.146. The number of aliphatic carboxylic acids is 1. The lowest BCUT2D eigenvalue weighted by atomic mass is 10.1. The van der Waals surface area contributed by atoms with Gasteiger partial charge in [-0.1, -0.05) is 0 Å². The second-order valence-electron chi connectivity index (χ2n) is 8.34. The van der Waals surface area contributed by atoms with Gasteiger partial charge in [0.05, 0.1) is 24.5 Å². The van der Waals surface area contributed by atoms with Gasteiger partial charge in [-0.05, 0) is 30.4 Å². The van der Waals surface area contributed by atoms with Crippen LogP contribution < -0.4 is 16.5 Å². The van der Waals surface area contributed by atoms with Crippen LogP contribution in [0.1, 0.15) is 30.0 Å². The van der Waals surface area contributed by atoms with Gasteiger partial charge in [0.2, 0.25) is 0 Å². The van der Waals surface area contributed by atoms with Crippen molar-refractivity contribution in [1.29, 1.82) is 0 Å². The molecular weight excluding hydrogens is 427 g/mol. The second kappa shape index (κ2) is 8.51. The van der Waals surface area contributed by atoms with Gasteiger partial charge in [-0.25, -0.2) is 15.6 Å². The van der Waals surface area contributed by atoms with Crippen LogP contribution in [0.4, 0.5) is 18.9 Å². The molecule has 0 unspecified atom stereocenters. The maximum absolute atomic E-state index is 12.7. The Labute approximate surface area is 182 Å². The highest BCUT2D eigenvalue weighted by atomic mass is 19.4. The molecule has 1 saturated carbocycles. The maximum Gasteiger partial charge on any atom is 0.401 e. The summed E-state index contributed by atoms with van der Waals surface area (Å²) in [5, 5.41) is 10.1. The molecule has 0 atom stereocenters. The van der Waals surface area contributed by atoms with Crippen LogP contribution in [0, 0.1) is 0 Å². The third kappa shape index (κ3) is 5.25. The normalized spacial score (nSPS) is 18.4. The molecule has 0 bridgehead atoms. The van der Waals surface area contributed by atoms with Crippen molar-refractivity contribution in [1.82, 2.24) is 19.3 Å². The third-order valence-electron chi connectivity index (χ3n) is 5.66. The molecule has 174 valence electrons. The van der Waals surface area contributed by atoms with Crippen molar-refractivity contribution in [2.24, 2.45) is 11.6 Å². The van der Waals surface area contributed by atoms with Gasteiger partial charge in [0.15, 0.2) is 5.65 Å². The van der Waals surface area contributed by atoms with Crippen LogP contribution in [0.15, 0.2) is 30.4 Å². The minimum absolute atomic E-state index is 0.146. The zero-order valence-electron chi connectivity index (χ0n) is 17.4. The fraction of sp³-hybridized carbons (Fsp3) is 0.500. The predicted molar refractivity (Wildman–Crippen MR) is 112 cm³/mol. The van der Waals surface area contributed by atoms with Crippen LogP contribution >= 0.6 is 0 Å². The monoisotopic (exact) mass is 453 g/mol. The van der Waals surface area contributed by atoms with E-state index in [4.69, 9.17) is 16.7 Å². The topological polar surface area (TPSA) is 116 Å². The molecule has 2 aliphatic rings. The molecule has 0 aromatic carbocycles. The van der Waals surface area contributed by atoms with Crippen molar-refractivity contribution in [2.45, 2.75) is 31.5 Å². The van der Waals surface area contributed by atoms with E-state index in [2.05, 4.69) is 16.0 Å². The first kappa shape index (κ1) is 22.2. The van der Waals surface area contributed by atoms with E-state index < -0.39 is 18.7 Å². The lowest BCUT2D eigenvalue weighted by Crippen LogP contribution is -2.49. The molecule has 0 spiro atoms. The fourth-order valence-electron chi connectivity index (χ4n) is 3.97. The summed E-state index contributed by atoms with van der Waals surface area (Å²) in [6, 6.07) is 2.09. The lowest BCUT2D eigenvalue weighted by Gasteiger charge is -2.36. The number of rotatable bonds is 7. The Bertz CT molecular complexity index is 1020. The van der Waals surface area contributed by atoms with Crippen LogP contribution in [-0.4, -0.2) is 69.3 Å². The Kier molecular flexibility index (Phi) is 5.91. The van der Waals surface area contributed by atoms with Gasteiger partial charge >= 0.3 is 12.1 Å². The molecule has 4 rings (SSSR count). The Balaban J connectivity index is 1.57. The molecule has 1 saturated heterocycles. The van der Waals surface area contributed by atoms with E-state index in [0.29, 0.717) is 43.4 Å². The van der Waals surface area contributed by atoms with Gasteiger partial charge in [-0.15, -0.1) is 0 Å². The number of nitrogens with two attached hydrogens (primary N) is 2. The van der Waals surface area contributed by atoms with Gasteiger partial charge in [0.1, 0.15) is 5.70 Å². The van der Waals surface area contributed by atoms with Gasteiger partial charge in [-0.3, -0.25) is 4.90 Å². The average Bonchev–Trinajstić information content (AvgIpc) is 3.47. The number of aromatic nitrogens is 2. The average molecular weight is 453 g/mol. The van der Waals surface area contributed by atoms with E-state index in [1.165, 1.54) is 10.5 Å². The summed E-state index contributed by atoms with van der Waals surface area (Å²) < 4.78 is 40.1. The van der Waals surface area contributed by atoms with E-state index >= 15 is 0 Å². The smallest absolute Gasteiger partial charge is 0.401 e. The molecule has 0 amide bonds. The van der Waals surface area contributed by atoms with Gasteiger partial charge in [0.25, 0.3) is 0 Å². The molecule has 32 heavy (non-hydrogen) atoms. The van der Waals surface area contributed by atoms with Crippen LogP contribution in [0.5, 0.6) is 0 Å². The van der Waals surface area contributed by atoms with Crippen LogP contribution in [0.3, 0.4) is 0 Å². The minimum atomic E-state index is -4.20. The third-order valence-corrected chi connectivity index (χ3v) is 5.66. The highest BCUT2D eigenvalue weighted by Gasteiger charge is 2.33. The first-order chi connectivity index (χ1) is 15.1. The number of halogens is 3. The number of imidazole rings is 1. The number of fused-ring (bicyclic) bond motifs is 1. The second-order valence-corrected chi connectivity index (χ2v) is 8.34. The molecule has 1 aliphatic carbocycles. The number of anilines is 1. The Hall–Kier alpha value is -2.99. The number of carbonyl (C=O) groups is 1. The zero-order chi connectivity index (χ0) is 23.0. The number of alkyl halides is 3. The molecule has 5 N–H and O–H groups in total. The summed E-state index contributed by atoms with van der Waals surface area (Å²) in [6.07, 6.45) is 3.00. The first-order valence-corrected chi connectivity index (χ1v) is 10.4. The van der Waals surface area contributed by atoms with E-state index in [1.54, 1.807) is 0 Å². The van der Waals surface area contributed by atoms with Crippen molar-refractivity contribution in [2.75, 3.05) is 37.6 Å². The predicted octanol–water partition coefficient (Wildman–Crippen LogP) is 1.46. The summed E-state index contributed by atoms with van der Waals surface area (Å²) in [6.45, 7) is 0.843. The SMILES string of the molecule is N/C(=C\N(N)Cc1cn2cc(C3CC3)cc(N3CCN(CC(F)(F)F)CC3)c2n1)C(=O)O. The highest BCUT2D eigenvalue weighted by Crippen LogP contribution is 2.42. The fourth-order valence-corrected chi connectivity index (χ4v) is 3.97. The number of nitrogens with zero attached hydrogens (tertiary/aromatic N) is 5. The van der Waals surface area contributed by atoms with Crippen LogP contribution in [0.2, 0.25) is 0 Å². The standard InChI is InChI=1S/C20H26F3N7O2/c21-20(22,23)12-27-3-5-28(6-4-27)17-7-14(13-1-2-13)8-29-9-15(26-18(17)29)10-30(25)11-16(24)19(31)32/h7-9,11,13H,1-6,10,12,24-25H2,(H,31,32)/b16-11-. The van der Waals surface area contributed by atoms with Crippen LogP contribution in [0.25, 0.3) is 5.65 Å². The number of hydrogen-bond acceptors (Lipinski definition) is 7. The van der Waals surface area contributed by atoms with E-state index in [1.807, 2.05) is 16.8 Å². The molecule has 2 aromatic heterocycles. The molecule has 0 radical (unpaired) electrons. The number of carboxylic acid groups (broad SMARTS) is 1. The van der Waals surface area contributed by atoms with Gasteiger partial charge < -0.3 is 25.1 Å². The molecule has 2 aromatic rings. The van der Waals surface area contributed by atoms with Crippen molar-refractivity contribution < 1.29 is 23.1 Å². The molecule has 12 heteroatoms. The largest absolute Gasteiger partial charge is 0.477 e. The number of hydrogen-bond donors (Lipinski definition) is 3. The Morgan fingerprint density at radius 2 is 1.94 bits per heavy atom. The Morgan fingerprint density at radius 1 is 1.25 bits per heavy atom. The summed E-state index contributed by atoms with van der Waals surface area (Å²) in [4.78, 5) is 19.1. The minimum Gasteiger partial charge on any atom is -0.477 e. The van der Waals surface area contributed by atoms with Crippen molar-refractivity contribution in [3.63, 3.8) is 0 Å². The number of carboxylic acids is 1. The molecular formula is C20H26F3N7O2. The van der Waals surface area contributed by atoms with Crippen LogP contribution in [-0.2, 0) is 11.3 Å². The van der Waals surface area contributed by atoms with Gasteiger partial charge in [0, 0.05) is 44.8 Å². The van der Waals surface area contributed by atoms with E-state index in [-0.39, 0.29) is 12.2 Å². The zero-order valence-corrected chi connectivity index (χ0v) is 17.4. The number of pyridine rings is 1. The molecule has 2 fully saturated rings. The summed E-state index contributed by atoms with van der Waals surface area (Å²) >= 11 is 0. The van der Waals surface area contributed by atoms with E-state index in [0.717, 1.165) is 29.7 Å². The van der Waals surface area contributed by atoms with Crippen molar-refractivity contribution in [3.8, 4) is 0 Å². The number of hydrazine groups is 1. The Morgan fingerprint density at radius 3 is 2.53 bits per heavy atom.